The quantitative estimate of drug-likeness (QED) is 0.368. The molecule has 1 fully saturated rings. The fourth-order valence-corrected chi connectivity index (χ4v) is 5.57. The number of methoxy groups -OCH3 is 1. The average molecular weight is 519 g/mol. The van der Waals surface area contributed by atoms with Crippen LogP contribution in [-0.2, 0) is 10.2 Å². The molecule has 2 aromatic carbocycles. The Morgan fingerprint density at radius 2 is 2.06 bits per heavy atom. The molecule has 1 unspecified atom stereocenters. The van der Waals surface area contributed by atoms with Gasteiger partial charge in [-0.3, -0.25) is 18.6 Å². The lowest BCUT2D eigenvalue weighted by Crippen LogP contribution is -2.43. The van der Waals surface area contributed by atoms with E-state index in [0.29, 0.717) is 48.9 Å². The molecule has 2 aliphatic rings. The maximum absolute atomic E-state index is 13.2. The van der Waals surface area contributed by atoms with E-state index in [9.17, 15) is 19.0 Å². The van der Waals surface area contributed by atoms with Crippen LogP contribution >= 0.6 is 11.0 Å². The summed E-state index contributed by atoms with van der Waals surface area (Å²) < 4.78 is 37.2. The van der Waals surface area contributed by atoms with Crippen molar-refractivity contribution in [2.45, 2.75) is 38.5 Å². The van der Waals surface area contributed by atoms with E-state index in [0.717, 1.165) is 18.4 Å². The van der Waals surface area contributed by atoms with Crippen LogP contribution in [0.4, 0.5) is 5.69 Å². The molecular formula is C25H34N4O6S. The number of aromatic hydroxyl groups is 1. The highest BCUT2D eigenvalue weighted by molar-refractivity contribution is 8.24. The predicted molar refractivity (Wildman–Crippen MR) is 141 cm³/mol. The standard InChI is InChI=1S/C25H34N4O6S/c1-25(2,17-9-10-20(34-3)19(30)12-17)13-22(31)29-11-5-6-16(14-29)15-35-21-8-4-7-18-23(21)24(26)28-36(32,33)27-18/h4,7-10,12,16,27,30,32-33H,5-6,11,13-15H2,1-3H3,(H2,26,28). The van der Waals surface area contributed by atoms with Gasteiger partial charge in [0.05, 0.1) is 25.0 Å². The second-order valence-electron chi connectivity index (χ2n) is 9.88. The van der Waals surface area contributed by atoms with E-state index in [1.165, 1.54) is 7.11 Å². The molecule has 0 spiro atoms. The number of nitrogens with zero attached hydrogens (tertiary/aromatic N) is 2. The molecule has 0 bridgehead atoms. The summed E-state index contributed by atoms with van der Waals surface area (Å²) in [5.41, 5.74) is 7.33. The molecule has 0 radical (unpaired) electrons. The number of hydrogen-bond acceptors (Lipinski definition) is 9. The highest BCUT2D eigenvalue weighted by Gasteiger charge is 2.31. The van der Waals surface area contributed by atoms with Crippen LogP contribution in [0.15, 0.2) is 40.8 Å². The van der Waals surface area contributed by atoms with Crippen molar-refractivity contribution in [3.05, 3.63) is 47.5 Å². The number of carbonyl (C=O) groups excluding carboxylic acids is 1. The molecule has 2 aliphatic heterocycles. The van der Waals surface area contributed by atoms with E-state index >= 15 is 0 Å². The largest absolute Gasteiger partial charge is 0.504 e. The van der Waals surface area contributed by atoms with E-state index in [1.54, 1.807) is 30.3 Å². The van der Waals surface area contributed by atoms with Crippen molar-refractivity contribution in [2.75, 3.05) is 31.5 Å². The first kappa shape index (κ1) is 25.9. The number of amides is 1. The van der Waals surface area contributed by atoms with Gasteiger partial charge in [-0.05, 0) is 59.0 Å². The second-order valence-corrected chi connectivity index (χ2v) is 11.3. The van der Waals surface area contributed by atoms with Gasteiger partial charge in [-0.15, -0.1) is 4.40 Å². The first-order chi connectivity index (χ1) is 17.0. The summed E-state index contributed by atoms with van der Waals surface area (Å²) in [6.45, 7) is 5.65. The predicted octanol–water partition coefficient (Wildman–Crippen LogP) is 4.10. The lowest BCUT2D eigenvalue weighted by atomic mass is 9.80. The summed E-state index contributed by atoms with van der Waals surface area (Å²) in [5.74, 6) is 1.16. The van der Waals surface area contributed by atoms with Crippen molar-refractivity contribution >= 4 is 28.4 Å². The Bertz CT molecular complexity index is 1170. The van der Waals surface area contributed by atoms with Crippen LogP contribution in [0.3, 0.4) is 0 Å². The minimum Gasteiger partial charge on any atom is -0.504 e. The number of benzene rings is 2. The SMILES string of the molecule is COc1ccc(C(C)(C)CC(=O)N2CCCC(COc3cccc4c3C(N)=NS(O)(O)N4)C2)cc1O. The lowest BCUT2D eigenvalue weighted by molar-refractivity contribution is -0.134. The number of piperidine rings is 1. The number of amidine groups is 1. The number of ether oxygens (including phenoxy) is 2. The molecular weight excluding hydrogens is 484 g/mol. The van der Waals surface area contributed by atoms with Crippen LogP contribution in [-0.4, -0.2) is 57.7 Å². The Labute approximate surface area is 212 Å². The molecule has 0 saturated carbocycles. The number of carbonyl (C=O) groups is 1. The van der Waals surface area contributed by atoms with Crippen molar-refractivity contribution in [1.82, 2.24) is 4.90 Å². The van der Waals surface area contributed by atoms with Crippen molar-refractivity contribution in [2.24, 2.45) is 16.0 Å². The first-order valence-corrected chi connectivity index (χ1v) is 13.3. The Morgan fingerprint density at radius 3 is 2.78 bits per heavy atom. The molecule has 4 rings (SSSR count). The maximum Gasteiger partial charge on any atom is 0.223 e. The number of anilines is 1. The summed E-state index contributed by atoms with van der Waals surface area (Å²) >= 11 is 0. The Kier molecular flexibility index (Phi) is 7.26. The van der Waals surface area contributed by atoms with Gasteiger partial charge in [0, 0.05) is 25.4 Å². The number of nitrogens with two attached hydrogens (primary N) is 1. The highest BCUT2D eigenvalue weighted by atomic mass is 32.3. The van der Waals surface area contributed by atoms with E-state index in [4.69, 9.17) is 15.2 Å². The third-order valence-electron chi connectivity index (χ3n) is 6.65. The summed E-state index contributed by atoms with van der Waals surface area (Å²) in [7, 11) is -1.86. The van der Waals surface area contributed by atoms with Crippen LogP contribution < -0.4 is 19.9 Å². The van der Waals surface area contributed by atoms with Crippen molar-refractivity contribution in [3.8, 4) is 17.2 Å². The summed E-state index contributed by atoms with van der Waals surface area (Å²) in [5, 5.41) is 10.2. The highest BCUT2D eigenvalue weighted by Crippen LogP contribution is 2.47. The summed E-state index contributed by atoms with van der Waals surface area (Å²) in [4.78, 5) is 15.1. The third-order valence-corrected chi connectivity index (χ3v) is 7.60. The van der Waals surface area contributed by atoms with Crippen LogP contribution in [0.1, 0.15) is 44.2 Å². The zero-order chi connectivity index (χ0) is 26.1. The molecule has 1 amide bonds. The number of rotatable bonds is 7. The Morgan fingerprint density at radius 1 is 1.28 bits per heavy atom. The molecule has 11 heteroatoms. The smallest absolute Gasteiger partial charge is 0.223 e. The minimum atomic E-state index is -3.36. The molecule has 36 heavy (non-hydrogen) atoms. The molecule has 2 aromatic rings. The maximum atomic E-state index is 13.2. The first-order valence-electron chi connectivity index (χ1n) is 11.8. The van der Waals surface area contributed by atoms with E-state index in [2.05, 4.69) is 9.12 Å². The van der Waals surface area contributed by atoms with Gasteiger partial charge < -0.3 is 25.2 Å². The van der Waals surface area contributed by atoms with Crippen molar-refractivity contribution in [1.29, 1.82) is 0 Å². The lowest BCUT2D eigenvalue weighted by Gasteiger charge is -2.36. The fourth-order valence-electron chi connectivity index (χ4n) is 4.69. The van der Waals surface area contributed by atoms with Crippen molar-refractivity contribution < 1.29 is 28.5 Å². The van der Waals surface area contributed by atoms with E-state index in [1.807, 2.05) is 24.8 Å². The van der Waals surface area contributed by atoms with Gasteiger partial charge in [0.15, 0.2) is 17.3 Å². The number of nitrogens with one attached hydrogen (secondary N) is 1. The van der Waals surface area contributed by atoms with Crippen LogP contribution in [0, 0.1) is 5.92 Å². The van der Waals surface area contributed by atoms with Gasteiger partial charge in [0.1, 0.15) is 5.75 Å². The summed E-state index contributed by atoms with van der Waals surface area (Å²) in [6.07, 6.45) is 2.11. The van der Waals surface area contributed by atoms with Crippen LogP contribution in [0.25, 0.3) is 0 Å². The summed E-state index contributed by atoms with van der Waals surface area (Å²) in [6, 6.07) is 10.4. The zero-order valence-corrected chi connectivity index (χ0v) is 21.5. The molecule has 10 nitrogen and oxygen atoms in total. The third kappa shape index (κ3) is 5.63. The van der Waals surface area contributed by atoms with E-state index < -0.39 is 16.4 Å². The number of fused-ring (bicyclic) bond motifs is 1. The number of phenolic OH excluding ortho intramolecular Hbond substituents is 1. The van der Waals surface area contributed by atoms with Crippen LogP contribution in [0.2, 0.25) is 0 Å². The number of hydrogen-bond donors (Lipinski definition) is 5. The van der Waals surface area contributed by atoms with Gasteiger partial charge in [-0.25, -0.2) is 0 Å². The minimum absolute atomic E-state index is 0.00611. The second kappa shape index (κ2) is 10.1. The molecule has 2 heterocycles. The van der Waals surface area contributed by atoms with Gasteiger partial charge in [0.25, 0.3) is 0 Å². The molecule has 1 atom stereocenters. The average Bonchev–Trinajstić information content (AvgIpc) is 2.81. The monoisotopic (exact) mass is 518 g/mol. The Hall–Kier alpha value is -3.15. The number of phenols is 1. The molecule has 1 saturated heterocycles. The van der Waals surface area contributed by atoms with E-state index in [-0.39, 0.29) is 23.4 Å². The molecule has 0 aromatic heterocycles. The fraction of sp³-hybridized carbons (Fsp3) is 0.440. The molecule has 6 N–H and O–H groups in total. The number of likely N-dealkylation sites (tertiary alicyclic amines) is 1. The normalized spacial score (nSPS) is 20.0. The molecule has 0 aliphatic carbocycles. The van der Waals surface area contributed by atoms with Gasteiger partial charge in [-0.2, -0.15) is 0 Å². The van der Waals surface area contributed by atoms with Gasteiger partial charge in [0.2, 0.25) is 5.91 Å². The molecule has 196 valence electrons. The zero-order valence-electron chi connectivity index (χ0n) is 20.7. The topological polar surface area (TPSA) is 150 Å². The van der Waals surface area contributed by atoms with Gasteiger partial charge >= 0.3 is 0 Å². The van der Waals surface area contributed by atoms with Crippen LogP contribution in [0.5, 0.6) is 17.2 Å². The van der Waals surface area contributed by atoms with Gasteiger partial charge in [-0.1, -0.05) is 26.0 Å². The van der Waals surface area contributed by atoms with Crippen molar-refractivity contribution in [3.63, 3.8) is 0 Å². The Balaban J connectivity index is 1.38.